The fraction of sp³-hybridized carbons (Fsp3) is 0.0513. The molecule has 5 aromatic carbocycles. The van der Waals surface area contributed by atoms with Gasteiger partial charge in [-0.1, -0.05) is 72.3 Å². The number of halogens is 3. The fourth-order valence-electron chi connectivity index (χ4n) is 5.79. The Morgan fingerprint density at radius 3 is 1.79 bits per heavy atom. The number of hydrogen-bond donors (Lipinski definition) is 5. The van der Waals surface area contributed by atoms with Gasteiger partial charge >= 0.3 is 0 Å². The summed E-state index contributed by atoms with van der Waals surface area (Å²) >= 11 is 6.02. The molecule has 8 rings (SSSR count). The number of carbonyl (C=O) groups excluding carboxylic acids is 3. The number of nitrogens with one attached hydrogen (secondary N) is 4. The zero-order valence-electron chi connectivity index (χ0n) is 27.0. The number of para-hydroxylation sites is 2. The van der Waals surface area contributed by atoms with E-state index in [0.717, 1.165) is 10.9 Å². The smallest absolute Gasteiger partial charge is 0.269 e. The Hall–Kier alpha value is -6.50. The Bertz CT molecular complexity index is 2440. The van der Waals surface area contributed by atoms with Crippen molar-refractivity contribution in [2.45, 2.75) is 12.3 Å². The maximum atomic E-state index is 14.6. The van der Waals surface area contributed by atoms with E-state index < -0.39 is 41.7 Å². The first-order valence-corrected chi connectivity index (χ1v) is 16.3. The molecule has 52 heavy (non-hydrogen) atoms. The summed E-state index contributed by atoms with van der Waals surface area (Å²) in [5.74, 6) is -2.35. The number of anilines is 2. The molecule has 3 heterocycles. The van der Waals surface area contributed by atoms with Crippen molar-refractivity contribution in [3.8, 4) is 0 Å². The molecule has 0 fully saturated rings. The van der Waals surface area contributed by atoms with Crippen molar-refractivity contribution in [2.75, 3.05) is 10.6 Å². The number of aromatic amines is 1. The molecule has 1 aromatic heterocycles. The maximum Gasteiger partial charge on any atom is 0.269 e. The molecule has 10 nitrogen and oxygen atoms in total. The summed E-state index contributed by atoms with van der Waals surface area (Å²) in [7, 11) is 0. The van der Waals surface area contributed by atoms with Gasteiger partial charge in [0.15, 0.2) is 6.17 Å². The average molecular weight is 716 g/mol. The number of aromatic nitrogens is 1. The third-order valence-electron chi connectivity index (χ3n) is 8.28. The number of benzodiazepines with no additional fused rings is 2. The van der Waals surface area contributed by atoms with E-state index >= 15 is 0 Å². The van der Waals surface area contributed by atoms with Crippen LogP contribution in [-0.4, -0.2) is 46.5 Å². The Morgan fingerprint density at radius 1 is 0.673 bits per heavy atom. The monoisotopic (exact) mass is 715 g/mol. The molecule has 0 bridgehead atoms. The molecule has 6 aromatic rings. The lowest BCUT2D eigenvalue weighted by molar-refractivity contribution is -0.118. The van der Waals surface area contributed by atoms with Crippen molar-refractivity contribution < 1.29 is 23.2 Å². The highest BCUT2D eigenvalue weighted by molar-refractivity contribution is 6.31. The second-order valence-electron chi connectivity index (χ2n) is 11.7. The molecule has 0 radical (unpaired) electrons. The molecule has 2 aliphatic heterocycles. The summed E-state index contributed by atoms with van der Waals surface area (Å²) in [6.07, 6.45) is -2.32. The van der Waals surface area contributed by atoms with Crippen LogP contribution in [0.2, 0.25) is 5.02 Å². The molecular formula is C39H28ClF2N7O3. The zero-order valence-corrected chi connectivity index (χ0v) is 27.8. The summed E-state index contributed by atoms with van der Waals surface area (Å²) in [4.78, 5) is 49.2. The van der Waals surface area contributed by atoms with E-state index in [2.05, 4.69) is 30.9 Å². The molecule has 258 valence electrons. The van der Waals surface area contributed by atoms with E-state index in [0.29, 0.717) is 38.8 Å². The normalized spacial score (nSPS) is 16.4. The molecule has 0 saturated heterocycles. The number of H-pyrrole nitrogens is 1. The second-order valence-corrected chi connectivity index (χ2v) is 12.2. The largest absolute Gasteiger partial charge is 0.351 e. The van der Waals surface area contributed by atoms with Crippen LogP contribution in [0.4, 0.5) is 20.2 Å². The van der Waals surface area contributed by atoms with Crippen molar-refractivity contribution in [3.63, 3.8) is 0 Å². The topological polar surface area (TPSA) is 154 Å². The second kappa shape index (κ2) is 14.4. The predicted molar refractivity (Wildman–Crippen MR) is 197 cm³/mol. The predicted octanol–water partition coefficient (Wildman–Crippen LogP) is 6.41. The Balaban J connectivity index is 0.000000180. The van der Waals surface area contributed by atoms with Crippen LogP contribution in [0, 0.1) is 11.6 Å². The summed E-state index contributed by atoms with van der Waals surface area (Å²) in [6, 6.07) is 33.4. The standard InChI is InChI=1S/C24H16ClFN4O2.C15H12FN3O/c25-14-9-10-18-13(11-14)12-20(27-18)23(31)30-22-24(32)28-19-8-4-2-6-16(19)21(29-22)15-5-1-3-7-17(15)26;16-11-7-3-1-5-9(11)13-10-6-2-4-8-12(10)18-15(20)14(17)19-13/h1-12,22,27H,(H,28,32)(H,30,31);1-8,14H,17H2,(H,18,20). The van der Waals surface area contributed by atoms with Crippen LogP contribution >= 0.6 is 11.6 Å². The van der Waals surface area contributed by atoms with Gasteiger partial charge in [-0.15, -0.1) is 0 Å². The van der Waals surface area contributed by atoms with E-state index in [9.17, 15) is 23.2 Å². The van der Waals surface area contributed by atoms with Gasteiger partial charge < -0.3 is 26.7 Å². The highest BCUT2D eigenvalue weighted by Gasteiger charge is 2.29. The number of nitrogens with two attached hydrogens (primary N) is 1. The highest BCUT2D eigenvalue weighted by Crippen LogP contribution is 2.27. The van der Waals surface area contributed by atoms with Gasteiger partial charge in [-0.05, 0) is 60.7 Å². The highest BCUT2D eigenvalue weighted by atomic mass is 35.5. The Labute approximate surface area is 300 Å². The number of carbonyl (C=O) groups is 3. The van der Waals surface area contributed by atoms with Crippen LogP contribution in [0.1, 0.15) is 32.7 Å². The van der Waals surface area contributed by atoms with Gasteiger partial charge in [0.1, 0.15) is 17.3 Å². The minimum atomic E-state index is -1.26. The molecule has 13 heteroatoms. The summed E-state index contributed by atoms with van der Waals surface area (Å²) in [5, 5.41) is 9.39. The Morgan fingerprint density at radius 2 is 1.19 bits per heavy atom. The summed E-state index contributed by atoms with van der Waals surface area (Å²) < 4.78 is 28.6. The van der Waals surface area contributed by atoms with E-state index in [4.69, 9.17) is 17.3 Å². The number of nitrogens with zero attached hydrogens (tertiary/aromatic N) is 2. The summed E-state index contributed by atoms with van der Waals surface area (Å²) in [6.45, 7) is 0. The van der Waals surface area contributed by atoms with Crippen LogP contribution in [0.3, 0.4) is 0 Å². The molecule has 6 N–H and O–H groups in total. The minimum Gasteiger partial charge on any atom is -0.351 e. The minimum absolute atomic E-state index is 0.232. The lowest BCUT2D eigenvalue weighted by atomic mass is 10.0. The first-order chi connectivity index (χ1) is 25.2. The molecular weight excluding hydrogens is 688 g/mol. The zero-order chi connectivity index (χ0) is 36.4. The number of aliphatic imine (C=N–C) groups is 2. The molecule has 3 amide bonds. The number of amides is 3. The van der Waals surface area contributed by atoms with Crippen LogP contribution in [-0.2, 0) is 9.59 Å². The van der Waals surface area contributed by atoms with Gasteiger partial charge in [0.25, 0.3) is 17.7 Å². The van der Waals surface area contributed by atoms with Crippen LogP contribution < -0.4 is 21.7 Å². The summed E-state index contributed by atoms with van der Waals surface area (Å²) in [5.41, 5.74) is 10.2. The molecule has 0 spiro atoms. The van der Waals surface area contributed by atoms with E-state index in [1.165, 1.54) is 12.1 Å². The van der Waals surface area contributed by atoms with E-state index in [1.54, 1.807) is 109 Å². The molecule has 0 saturated carbocycles. The van der Waals surface area contributed by atoms with Gasteiger partial charge in [0.05, 0.1) is 22.8 Å². The number of rotatable bonds is 4. The average Bonchev–Trinajstić information content (AvgIpc) is 3.45. The van der Waals surface area contributed by atoms with E-state index in [-0.39, 0.29) is 17.0 Å². The Kier molecular flexibility index (Phi) is 9.40. The maximum absolute atomic E-state index is 14.6. The van der Waals surface area contributed by atoms with Crippen molar-refractivity contribution >= 4 is 63.0 Å². The van der Waals surface area contributed by atoms with Crippen LogP contribution in [0.15, 0.2) is 131 Å². The van der Waals surface area contributed by atoms with E-state index in [1.807, 2.05) is 0 Å². The van der Waals surface area contributed by atoms with Crippen molar-refractivity contribution in [2.24, 2.45) is 15.7 Å². The SMILES string of the molecule is NC1N=C(c2ccccc2F)c2ccccc2NC1=O.O=C(NC1N=C(c2ccccc2F)c2ccccc2NC1=O)c1cc2cc(Cl)ccc2[nH]1. The van der Waals surface area contributed by atoms with Gasteiger partial charge in [0.2, 0.25) is 6.17 Å². The van der Waals surface area contributed by atoms with Crippen molar-refractivity contribution in [1.82, 2.24) is 10.3 Å². The third kappa shape index (κ3) is 6.93. The first kappa shape index (κ1) is 34.0. The lowest BCUT2D eigenvalue weighted by Crippen LogP contribution is -2.42. The van der Waals surface area contributed by atoms with Crippen LogP contribution in [0.25, 0.3) is 10.9 Å². The molecule has 2 atom stereocenters. The molecule has 2 aliphatic rings. The first-order valence-electron chi connectivity index (χ1n) is 16.0. The third-order valence-corrected chi connectivity index (χ3v) is 8.51. The molecule has 2 unspecified atom stereocenters. The quantitative estimate of drug-likeness (QED) is 0.143. The lowest BCUT2D eigenvalue weighted by Gasteiger charge is -2.13. The van der Waals surface area contributed by atoms with Gasteiger partial charge in [-0.3, -0.25) is 19.4 Å². The van der Waals surface area contributed by atoms with Gasteiger partial charge in [0, 0.05) is 38.2 Å². The van der Waals surface area contributed by atoms with Gasteiger partial charge in [-0.25, -0.2) is 13.8 Å². The van der Waals surface area contributed by atoms with Crippen molar-refractivity contribution in [1.29, 1.82) is 0 Å². The van der Waals surface area contributed by atoms with Crippen LogP contribution in [0.5, 0.6) is 0 Å². The fourth-order valence-corrected chi connectivity index (χ4v) is 5.97. The number of benzene rings is 5. The van der Waals surface area contributed by atoms with Crippen molar-refractivity contribution in [3.05, 3.63) is 166 Å². The number of fused-ring (bicyclic) bond motifs is 3. The molecule has 0 aliphatic carbocycles. The number of hydrogen-bond acceptors (Lipinski definition) is 6. The van der Waals surface area contributed by atoms with Gasteiger partial charge in [-0.2, -0.15) is 0 Å².